The fraction of sp³-hybridized carbons (Fsp3) is 0.0800. The molecular formula is C25H23ClN6O. The van der Waals surface area contributed by atoms with Gasteiger partial charge in [0.1, 0.15) is 12.0 Å². The molecule has 0 saturated heterocycles. The molecule has 3 aromatic carbocycles. The third-order valence-corrected chi connectivity index (χ3v) is 5.49. The lowest BCUT2D eigenvalue weighted by Crippen LogP contribution is -2.35. The lowest BCUT2D eigenvalue weighted by Gasteiger charge is -2.19. The molecule has 166 valence electrons. The van der Waals surface area contributed by atoms with E-state index in [-0.39, 0.29) is 11.6 Å². The zero-order valence-electron chi connectivity index (χ0n) is 17.7. The Kier molecular flexibility index (Phi) is 7.02. The van der Waals surface area contributed by atoms with Crippen LogP contribution in [0, 0.1) is 0 Å². The topological polar surface area (TPSA) is 105 Å². The highest BCUT2D eigenvalue weighted by Gasteiger charge is 2.23. The number of anilines is 3. The first-order valence-electron chi connectivity index (χ1n) is 10.4. The summed E-state index contributed by atoms with van der Waals surface area (Å²) in [4.78, 5) is 21.5. The van der Waals surface area contributed by atoms with Crippen LogP contribution in [-0.2, 0) is 11.3 Å². The van der Waals surface area contributed by atoms with Crippen molar-refractivity contribution in [3.63, 3.8) is 0 Å². The summed E-state index contributed by atoms with van der Waals surface area (Å²) in [5.74, 6) is -0.0130. The molecule has 0 radical (unpaired) electrons. The van der Waals surface area contributed by atoms with Crippen molar-refractivity contribution in [3.05, 3.63) is 113 Å². The average molecular weight is 459 g/mol. The lowest BCUT2D eigenvalue weighted by atomic mass is 9.91. The maximum atomic E-state index is 13.2. The monoisotopic (exact) mass is 458 g/mol. The Hall–Kier alpha value is -4.10. The molecule has 33 heavy (non-hydrogen) atoms. The summed E-state index contributed by atoms with van der Waals surface area (Å²) in [6.45, 7) is 0.441. The van der Waals surface area contributed by atoms with Crippen LogP contribution in [0.15, 0.2) is 91.3 Å². The van der Waals surface area contributed by atoms with Crippen LogP contribution in [0.5, 0.6) is 0 Å². The first-order chi connectivity index (χ1) is 16.1. The largest absolute Gasteiger partial charge is 0.393 e. The molecule has 0 saturated carbocycles. The number of amides is 1. The van der Waals surface area contributed by atoms with Gasteiger partial charge in [-0.1, -0.05) is 90.5 Å². The highest BCUT2D eigenvalue weighted by molar-refractivity contribution is 6.31. The van der Waals surface area contributed by atoms with E-state index < -0.39 is 5.92 Å². The molecule has 0 spiro atoms. The zero-order chi connectivity index (χ0) is 23.0. The van der Waals surface area contributed by atoms with Gasteiger partial charge in [0, 0.05) is 11.6 Å². The number of carbonyl (C=O) groups is 1. The first kappa shape index (κ1) is 22.1. The molecule has 4 rings (SSSR count). The minimum Gasteiger partial charge on any atom is -0.393 e. The zero-order valence-corrected chi connectivity index (χ0v) is 18.5. The van der Waals surface area contributed by atoms with Gasteiger partial charge in [-0.25, -0.2) is 9.97 Å². The molecule has 5 N–H and O–H groups in total. The molecule has 1 heterocycles. The van der Waals surface area contributed by atoms with Gasteiger partial charge in [-0.2, -0.15) is 0 Å². The van der Waals surface area contributed by atoms with Crippen LogP contribution < -0.4 is 21.9 Å². The van der Waals surface area contributed by atoms with Gasteiger partial charge in [-0.15, -0.1) is 0 Å². The van der Waals surface area contributed by atoms with Crippen molar-refractivity contribution < 1.29 is 4.79 Å². The van der Waals surface area contributed by atoms with Crippen molar-refractivity contribution in [3.8, 4) is 0 Å². The number of carbonyl (C=O) groups excluding carboxylic acids is 1. The van der Waals surface area contributed by atoms with Crippen molar-refractivity contribution in [1.29, 1.82) is 0 Å². The highest BCUT2D eigenvalue weighted by Crippen LogP contribution is 2.26. The van der Waals surface area contributed by atoms with Gasteiger partial charge >= 0.3 is 0 Å². The summed E-state index contributed by atoms with van der Waals surface area (Å²) in [5.41, 5.74) is 14.8. The van der Waals surface area contributed by atoms with E-state index in [0.717, 1.165) is 16.7 Å². The fourth-order valence-corrected chi connectivity index (χ4v) is 3.64. The van der Waals surface area contributed by atoms with E-state index in [0.29, 0.717) is 23.2 Å². The number of nitrogen functional groups attached to an aromatic ring is 1. The predicted octanol–water partition coefficient (Wildman–Crippen LogP) is 4.60. The number of benzene rings is 3. The summed E-state index contributed by atoms with van der Waals surface area (Å²) in [6, 6.07) is 26.7. The Bertz CT molecular complexity index is 1180. The number of hydrazine groups is 1. The maximum absolute atomic E-state index is 13.2. The van der Waals surface area contributed by atoms with Crippen molar-refractivity contribution in [2.24, 2.45) is 0 Å². The van der Waals surface area contributed by atoms with Crippen LogP contribution in [0.3, 0.4) is 0 Å². The molecule has 0 aliphatic carbocycles. The highest BCUT2D eigenvalue weighted by atomic mass is 35.5. The molecule has 4 aromatic rings. The summed E-state index contributed by atoms with van der Waals surface area (Å²) in [6.07, 6.45) is 1.37. The normalized spacial score (nSPS) is 10.6. The Labute approximate surface area is 197 Å². The predicted molar refractivity (Wildman–Crippen MR) is 132 cm³/mol. The lowest BCUT2D eigenvalue weighted by molar-refractivity contribution is -0.121. The second-order valence-electron chi connectivity index (χ2n) is 7.30. The number of rotatable bonds is 8. The third-order valence-electron chi connectivity index (χ3n) is 5.12. The van der Waals surface area contributed by atoms with Gasteiger partial charge in [0.15, 0.2) is 11.6 Å². The van der Waals surface area contributed by atoms with E-state index in [2.05, 4.69) is 26.1 Å². The number of nitrogens with zero attached hydrogens (tertiary/aromatic N) is 2. The first-order valence-corrected chi connectivity index (χ1v) is 10.7. The summed E-state index contributed by atoms with van der Waals surface area (Å²) < 4.78 is 0. The van der Waals surface area contributed by atoms with Gasteiger partial charge in [0.25, 0.3) is 0 Å². The summed E-state index contributed by atoms with van der Waals surface area (Å²) >= 11 is 6.21. The third kappa shape index (κ3) is 5.39. The van der Waals surface area contributed by atoms with E-state index in [1.54, 1.807) is 0 Å². The Morgan fingerprint density at radius 2 is 1.42 bits per heavy atom. The molecule has 7 nitrogen and oxygen atoms in total. The van der Waals surface area contributed by atoms with Gasteiger partial charge in [0.05, 0.1) is 5.92 Å². The SMILES string of the molecule is Nc1c(NCc2ccccc2Cl)ncnc1NNC(=O)C(c1ccccc1)c1ccccc1. The van der Waals surface area contributed by atoms with Crippen molar-refractivity contribution in [2.45, 2.75) is 12.5 Å². The van der Waals surface area contributed by atoms with Crippen LogP contribution in [0.4, 0.5) is 17.3 Å². The maximum Gasteiger partial charge on any atom is 0.250 e. The standard InChI is InChI=1S/C25H23ClN6O/c26-20-14-8-7-13-19(20)15-28-23-22(27)24(30-16-29-23)31-32-25(33)21(17-9-3-1-4-10-17)18-11-5-2-6-12-18/h1-14,16,21H,15,27H2,(H,32,33)(H2,28,29,30,31). The van der Waals surface area contributed by atoms with Crippen LogP contribution in [0.2, 0.25) is 5.02 Å². The van der Waals surface area contributed by atoms with E-state index in [9.17, 15) is 4.79 Å². The molecule has 0 unspecified atom stereocenters. The Morgan fingerprint density at radius 1 is 0.848 bits per heavy atom. The van der Waals surface area contributed by atoms with Crippen LogP contribution >= 0.6 is 11.6 Å². The molecular weight excluding hydrogens is 436 g/mol. The number of nitrogens with one attached hydrogen (secondary N) is 3. The quantitative estimate of drug-likeness (QED) is 0.288. The second kappa shape index (κ2) is 10.5. The van der Waals surface area contributed by atoms with E-state index >= 15 is 0 Å². The fourth-order valence-electron chi connectivity index (χ4n) is 3.44. The van der Waals surface area contributed by atoms with E-state index in [1.807, 2.05) is 84.9 Å². The summed E-state index contributed by atoms with van der Waals surface area (Å²) in [7, 11) is 0. The average Bonchev–Trinajstić information content (AvgIpc) is 2.85. The van der Waals surface area contributed by atoms with Crippen LogP contribution in [0.25, 0.3) is 0 Å². The minimum absolute atomic E-state index is 0.240. The number of halogens is 1. The van der Waals surface area contributed by atoms with Gasteiger partial charge in [-0.05, 0) is 22.8 Å². The minimum atomic E-state index is -0.499. The number of aromatic nitrogens is 2. The summed E-state index contributed by atoms with van der Waals surface area (Å²) in [5, 5.41) is 3.81. The van der Waals surface area contributed by atoms with Gasteiger partial charge in [0.2, 0.25) is 5.91 Å². The Balaban J connectivity index is 1.48. The van der Waals surface area contributed by atoms with Crippen LogP contribution in [0.1, 0.15) is 22.6 Å². The second-order valence-corrected chi connectivity index (χ2v) is 7.71. The van der Waals surface area contributed by atoms with Crippen molar-refractivity contribution in [1.82, 2.24) is 15.4 Å². The van der Waals surface area contributed by atoms with E-state index in [4.69, 9.17) is 17.3 Å². The van der Waals surface area contributed by atoms with Crippen molar-refractivity contribution >= 4 is 34.8 Å². The number of hydrogen-bond donors (Lipinski definition) is 4. The molecule has 0 bridgehead atoms. The molecule has 0 atom stereocenters. The van der Waals surface area contributed by atoms with Gasteiger partial charge in [-0.3, -0.25) is 15.6 Å². The number of hydrogen-bond acceptors (Lipinski definition) is 6. The smallest absolute Gasteiger partial charge is 0.250 e. The Morgan fingerprint density at radius 3 is 2.06 bits per heavy atom. The van der Waals surface area contributed by atoms with Gasteiger partial charge < -0.3 is 11.1 Å². The van der Waals surface area contributed by atoms with Crippen molar-refractivity contribution in [2.75, 3.05) is 16.5 Å². The molecule has 1 aromatic heterocycles. The molecule has 0 fully saturated rings. The molecule has 8 heteroatoms. The molecule has 0 aliphatic rings. The van der Waals surface area contributed by atoms with E-state index in [1.165, 1.54) is 6.33 Å². The molecule has 1 amide bonds. The molecule has 0 aliphatic heterocycles. The number of nitrogens with two attached hydrogens (primary N) is 1. The van der Waals surface area contributed by atoms with Crippen LogP contribution in [-0.4, -0.2) is 15.9 Å².